The van der Waals surface area contributed by atoms with Crippen molar-refractivity contribution in [3.63, 3.8) is 0 Å². The molecule has 1 rings (SSSR count). The van der Waals surface area contributed by atoms with E-state index < -0.39 is 5.82 Å². The third-order valence-electron chi connectivity index (χ3n) is 2.10. The van der Waals surface area contributed by atoms with E-state index in [1.807, 2.05) is 0 Å². The molecule has 3 nitrogen and oxygen atoms in total. The van der Waals surface area contributed by atoms with Crippen LogP contribution in [0.2, 0.25) is 5.28 Å². The number of rotatable bonds is 4. The lowest BCUT2D eigenvalue weighted by Gasteiger charge is -2.19. The van der Waals surface area contributed by atoms with Crippen LogP contribution in [0.5, 0.6) is 0 Å². The highest BCUT2D eigenvalue weighted by Crippen LogP contribution is 2.16. The van der Waals surface area contributed by atoms with Crippen LogP contribution in [0.1, 0.15) is 20.3 Å². The van der Waals surface area contributed by atoms with Crippen molar-refractivity contribution in [2.24, 2.45) is 5.92 Å². The van der Waals surface area contributed by atoms with Gasteiger partial charge in [-0.25, -0.2) is 9.37 Å². The average Bonchev–Trinajstić information content (AvgIpc) is 2.18. The molecule has 0 spiro atoms. The minimum Gasteiger partial charge on any atom is -0.357 e. The van der Waals surface area contributed by atoms with Gasteiger partial charge in [0, 0.05) is 13.6 Å². The molecule has 1 heterocycles. The molecule has 0 amide bonds. The van der Waals surface area contributed by atoms with Crippen LogP contribution in [0.3, 0.4) is 0 Å². The van der Waals surface area contributed by atoms with Crippen LogP contribution in [0.4, 0.5) is 10.2 Å². The van der Waals surface area contributed by atoms with Crippen molar-refractivity contribution in [1.82, 2.24) is 9.97 Å². The van der Waals surface area contributed by atoms with E-state index in [1.54, 1.807) is 11.9 Å². The fourth-order valence-electron chi connectivity index (χ4n) is 1.16. The van der Waals surface area contributed by atoms with E-state index in [0.717, 1.165) is 19.2 Å². The molecule has 1 aromatic rings. The maximum absolute atomic E-state index is 13.3. The van der Waals surface area contributed by atoms with Crippen molar-refractivity contribution in [3.05, 3.63) is 17.3 Å². The first-order valence-electron chi connectivity index (χ1n) is 4.90. The number of hydrogen-bond acceptors (Lipinski definition) is 3. The molecule has 84 valence electrons. The molecule has 0 aromatic carbocycles. The van der Waals surface area contributed by atoms with E-state index in [-0.39, 0.29) is 11.1 Å². The summed E-state index contributed by atoms with van der Waals surface area (Å²) in [7, 11) is 1.80. The van der Waals surface area contributed by atoms with E-state index in [2.05, 4.69) is 23.8 Å². The Morgan fingerprint density at radius 1 is 1.53 bits per heavy atom. The van der Waals surface area contributed by atoms with Gasteiger partial charge in [0.05, 0.1) is 6.20 Å². The van der Waals surface area contributed by atoms with Gasteiger partial charge in [-0.2, -0.15) is 4.98 Å². The quantitative estimate of drug-likeness (QED) is 0.747. The van der Waals surface area contributed by atoms with Crippen LogP contribution in [0.25, 0.3) is 0 Å². The molecular formula is C10H15ClFN3. The molecule has 15 heavy (non-hydrogen) atoms. The first-order valence-corrected chi connectivity index (χ1v) is 5.27. The third-order valence-corrected chi connectivity index (χ3v) is 2.28. The molecule has 0 radical (unpaired) electrons. The van der Waals surface area contributed by atoms with Crippen molar-refractivity contribution in [2.45, 2.75) is 20.3 Å². The Morgan fingerprint density at radius 3 is 2.80 bits per heavy atom. The summed E-state index contributed by atoms with van der Waals surface area (Å²) in [5.41, 5.74) is 0. The number of aromatic nitrogens is 2. The van der Waals surface area contributed by atoms with E-state index >= 15 is 0 Å². The minimum absolute atomic E-state index is 0.0720. The van der Waals surface area contributed by atoms with Crippen molar-refractivity contribution in [2.75, 3.05) is 18.5 Å². The first-order chi connectivity index (χ1) is 7.00. The molecule has 1 aromatic heterocycles. The second kappa shape index (κ2) is 5.26. The largest absolute Gasteiger partial charge is 0.357 e. The third kappa shape index (κ3) is 3.63. The SMILES string of the molecule is CC(C)CCN(C)c1nc(Cl)ncc1F. The molecule has 0 N–H and O–H groups in total. The maximum atomic E-state index is 13.3. The number of hydrogen-bond donors (Lipinski definition) is 0. The second-order valence-electron chi connectivity index (χ2n) is 3.91. The van der Waals surface area contributed by atoms with Gasteiger partial charge in [0.25, 0.3) is 0 Å². The van der Waals surface area contributed by atoms with E-state index in [0.29, 0.717) is 5.92 Å². The van der Waals surface area contributed by atoms with Crippen LogP contribution in [0, 0.1) is 11.7 Å². The Balaban J connectivity index is 2.72. The Labute approximate surface area is 94.3 Å². The molecule has 0 saturated carbocycles. The van der Waals surface area contributed by atoms with Crippen molar-refractivity contribution >= 4 is 17.4 Å². The maximum Gasteiger partial charge on any atom is 0.224 e. The van der Waals surface area contributed by atoms with Gasteiger partial charge in [0.1, 0.15) is 0 Å². The number of halogens is 2. The summed E-state index contributed by atoms with van der Waals surface area (Å²) in [6, 6.07) is 0. The van der Waals surface area contributed by atoms with Crippen LogP contribution < -0.4 is 4.90 Å². The Kier molecular flexibility index (Phi) is 4.27. The normalized spacial score (nSPS) is 10.8. The molecule has 0 atom stereocenters. The molecule has 0 aliphatic rings. The van der Waals surface area contributed by atoms with Gasteiger partial charge in [-0.05, 0) is 23.9 Å². The minimum atomic E-state index is -0.439. The predicted molar refractivity (Wildman–Crippen MR) is 59.7 cm³/mol. The molecule has 5 heteroatoms. The van der Waals surface area contributed by atoms with Gasteiger partial charge in [0.15, 0.2) is 11.6 Å². The fourth-order valence-corrected chi connectivity index (χ4v) is 1.29. The highest BCUT2D eigenvalue weighted by Gasteiger charge is 2.10. The molecule has 0 aliphatic carbocycles. The zero-order valence-corrected chi connectivity index (χ0v) is 9.92. The topological polar surface area (TPSA) is 29.0 Å². The predicted octanol–water partition coefficient (Wildman–Crippen LogP) is 2.75. The molecule has 0 saturated heterocycles. The fraction of sp³-hybridized carbons (Fsp3) is 0.600. The van der Waals surface area contributed by atoms with Gasteiger partial charge < -0.3 is 4.90 Å². The van der Waals surface area contributed by atoms with E-state index in [4.69, 9.17) is 11.6 Å². The molecule has 0 fully saturated rings. The monoisotopic (exact) mass is 231 g/mol. The summed E-state index contributed by atoms with van der Waals surface area (Å²) >= 11 is 5.61. The molecule has 0 unspecified atom stereocenters. The summed E-state index contributed by atoms with van der Waals surface area (Å²) in [4.78, 5) is 9.18. The molecule has 0 aliphatic heterocycles. The summed E-state index contributed by atoms with van der Waals surface area (Å²) in [6.45, 7) is 5.00. The smallest absolute Gasteiger partial charge is 0.224 e. The highest BCUT2D eigenvalue weighted by molar-refractivity contribution is 6.28. The van der Waals surface area contributed by atoms with Gasteiger partial charge >= 0.3 is 0 Å². The van der Waals surface area contributed by atoms with Gasteiger partial charge in [-0.3, -0.25) is 0 Å². The van der Waals surface area contributed by atoms with E-state index in [9.17, 15) is 4.39 Å². The molecule has 0 bridgehead atoms. The Hall–Kier alpha value is -0.900. The lowest BCUT2D eigenvalue weighted by molar-refractivity contribution is 0.568. The zero-order chi connectivity index (χ0) is 11.4. The second-order valence-corrected chi connectivity index (χ2v) is 4.25. The lowest BCUT2D eigenvalue weighted by atomic mass is 10.1. The molecular weight excluding hydrogens is 217 g/mol. The van der Waals surface area contributed by atoms with Crippen LogP contribution >= 0.6 is 11.6 Å². The number of nitrogens with zero attached hydrogens (tertiary/aromatic N) is 3. The average molecular weight is 232 g/mol. The first kappa shape index (κ1) is 12.2. The van der Waals surface area contributed by atoms with Crippen molar-refractivity contribution < 1.29 is 4.39 Å². The van der Waals surface area contributed by atoms with Crippen LogP contribution in [0.15, 0.2) is 6.20 Å². The van der Waals surface area contributed by atoms with Gasteiger partial charge in [-0.1, -0.05) is 13.8 Å². The van der Waals surface area contributed by atoms with E-state index in [1.165, 1.54) is 0 Å². The van der Waals surface area contributed by atoms with Crippen molar-refractivity contribution in [1.29, 1.82) is 0 Å². The van der Waals surface area contributed by atoms with Crippen molar-refractivity contribution in [3.8, 4) is 0 Å². The number of anilines is 1. The lowest BCUT2D eigenvalue weighted by Crippen LogP contribution is -2.22. The standard InChI is InChI=1S/C10H15ClFN3/c1-7(2)4-5-15(3)9-8(12)6-13-10(11)14-9/h6-7H,4-5H2,1-3H3. The summed E-state index contributed by atoms with van der Waals surface area (Å²) in [6.07, 6.45) is 2.08. The summed E-state index contributed by atoms with van der Waals surface area (Å²) in [5.74, 6) is 0.397. The Bertz CT molecular complexity index is 330. The van der Waals surface area contributed by atoms with Crippen LogP contribution in [-0.4, -0.2) is 23.6 Å². The highest BCUT2D eigenvalue weighted by atomic mass is 35.5. The van der Waals surface area contributed by atoms with Crippen LogP contribution in [-0.2, 0) is 0 Å². The van der Waals surface area contributed by atoms with Gasteiger partial charge in [-0.15, -0.1) is 0 Å². The summed E-state index contributed by atoms with van der Waals surface area (Å²) < 4.78 is 13.3. The summed E-state index contributed by atoms with van der Waals surface area (Å²) in [5, 5.41) is 0.0720. The van der Waals surface area contributed by atoms with Gasteiger partial charge in [0.2, 0.25) is 5.28 Å². The Morgan fingerprint density at radius 2 is 2.20 bits per heavy atom. The zero-order valence-electron chi connectivity index (χ0n) is 9.17.